The average Bonchev–Trinajstić information content (AvgIpc) is 3.21. The Morgan fingerprint density at radius 1 is 1.35 bits per heavy atom. The second kappa shape index (κ2) is 6.05. The highest BCUT2D eigenvalue weighted by Gasteiger charge is 2.19. The van der Waals surface area contributed by atoms with Gasteiger partial charge in [-0.2, -0.15) is 0 Å². The summed E-state index contributed by atoms with van der Waals surface area (Å²) >= 11 is 0. The van der Waals surface area contributed by atoms with Gasteiger partial charge in [0.1, 0.15) is 18.2 Å². The first kappa shape index (κ1) is 13.1. The Morgan fingerprint density at radius 3 is 2.90 bits per heavy atom. The van der Waals surface area contributed by atoms with Crippen LogP contribution in [-0.2, 0) is 13.1 Å². The maximum atomic E-state index is 5.70. The molecule has 106 valence electrons. The standard InChI is InChI=1S/C15H20N4O/c1-12-16-6-7-19(12)8-9-20-15-5-4-14(18-11-15)10-17-13-2-3-13/h4-7,11,13,17H,2-3,8-10H2,1H3. The van der Waals surface area contributed by atoms with Gasteiger partial charge in [0.2, 0.25) is 0 Å². The van der Waals surface area contributed by atoms with E-state index in [0.717, 1.165) is 30.4 Å². The Bertz CT molecular complexity index is 545. The normalized spacial score (nSPS) is 14.4. The molecule has 0 radical (unpaired) electrons. The predicted octanol–water partition coefficient (Wildman–Crippen LogP) is 1.92. The summed E-state index contributed by atoms with van der Waals surface area (Å²) in [6.45, 7) is 4.26. The van der Waals surface area contributed by atoms with Crippen LogP contribution >= 0.6 is 0 Å². The summed E-state index contributed by atoms with van der Waals surface area (Å²) in [5.41, 5.74) is 1.06. The van der Waals surface area contributed by atoms with Crippen LogP contribution in [0, 0.1) is 6.92 Å². The van der Waals surface area contributed by atoms with Crippen LogP contribution in [0.4, 0.5) is 0 Å². The zero-order valence-electron chi connectivity index (χ0n) is 11.7. The molecule has 5 nitrogen and oxygen atoms in total. The summed E-state index contributed by atoms with van der Waals surface area (Å²) in [7, 11) is 0. The summed E-state index contributed by atoms with van der Waals surface area (Å²) in [5, 5.41) is 3.45. The molecule has 0 unspecified atom stereocenters. The van der Waals surface area contributed by atoms with E-state index in [9.17, 15) is 0 Å². The SMILES string of the molecule is Cc1nccn1CCOc1ccc(CNC2CC2)nc1. The smallest absolute Gasteiger partial charge is 0.137 e. The second-order valence-corrected chi connectivity index (χ2v) is 5.16. The predicted molar refractivity (Wildman–Crippen MR) is 76.6 cm³/mol. The van der Waals surface area contributed by atoms with Crippen LogP contribution < -0.4 is 10.1 Å². The molecule has 2 aromatic heterocycles. The molecule has 0 aliphatic heterocycles. The zero-order valence-corrected chi connectivity index (χ0v) is 11.7. The van der Waals surface area contributed by atoms with E-state index in [1.54, 1.807) is 12.4 Å². The lowest BCUT2D eigenvalue weighted by Crippen LogP contribution is -2.16. The third-order valence-corrected chi connectivity index (χ3v) is 3.47. The molecular formula is C15H20N4O. The van der Waals surface area contributed by atoms with Gasteiger partial charge in [0.15, 0.2) is 0 Å². The van der Waals surface area contributed by atoms with Crippen molar-refractivity contribution in [2.24, 2.45) is 0 Å². The van der Waals surface area contributed by atoms with Crippen molar-refractivity contribution in [3.05, 3.63) is 42.2 Å². The quantitative estimate of drug-likeness (QED) is 0.836. The van der Waals surface area contributed by atoms with E-state index in [4.69, 9.17) is 4.74 Å². The van der Waals surface area contributed by atoms with E-state index in [2.05, 4.69) is 19.9 Å². The molecule has 1 fully saturated rings. The highest BCUT2D eigenvalue weighted by Crippen LogP contribution is 2.19. The van der Waals surface area contributed by atoms with Crippen molar-refractivity contribution in [3.8, 4) is 5.75 Å². The number of aryl methyl sites for hydroxylation is 1. The van der Waals surface area contributed by atoms with Crippen molar-refractivity contribution < 1.29 is 4.74 Å². The summed E-state index contributed by atoms with van der Waals surface area (Å²) in [6, 6.07) is 4.72. The summed E-state index contributed by atoms with van der Waals surface area (Å²) in [4.78, 5) is 8.59. The Labute approximate surface area is 119 Å². The van der Waals surface area contributed by atoms with Gasteiger partial charge in [-0.25, -0.2) is 4.98 Å². The molecule has 0 atom stereocenters. The Balaban J connectivity index is 1.44. The van der Waals surface area contributed by atoms with Crippen LogP contribution in [0.5, 0.6) is 5.75 Å². The number of rotatable bonds is 7. The summed E-state index contributed by atoms with van der Waals surface area (Å²) in [6.07, 6.45) is 8.16. The minimum Gasteiger partial charge on any atom is -0.490 e. The van der Waals surface area contributed by atoms with Crippen molar-refractivity contribution in [1.82, 2.24) is 19.9 Å². The highest BCUT2D eigenvalue weighted by atomic mass is 16.5. The van der Waals surface area contributed by atoms with Crippen molar-refractivity contribution >= 4 is 0 Å². The lowest BCUT2D eigenvalue weighted by Gasteiger charge is -2.08. The first-order valence-corrected chi connectivity index (χ1v) is 7.10. The van der Waals surface area contributed by atoms with Crippen LogP contribution in [0.3, 0.4) is 0 Å². The van der Waals surface area contributed by atoms with Crippen LogP contribution in [0.1, 0.15) is 24.4 Å². The van der Waals surface area contributed by atoms with Gasteiger partial charge in [0, 0.05) is 25.0 Å². The monoisotopic (exact) mass is 272 g/mol. The van der Waals surface area contributed by atoms with Gasteiger partial charge in [0.05, 0.1) is 18.4 Å². The van der Waals surface area contributed by atoms with E-state index in [1.165, 1.54) is 12.8 Å². The number of pyridine rings is 1. The van der Waals surface area contributed by atoms with Crippen LogP contribution in [0.15, 0.2) is 30.7 Å². The molecule has 3 rings (SSSR count). The lowest BCUT2D eigenvalue weighted by molar-refractivity contribution is 0.295. The topological polar surface area (TPSA) is 52.0 Å². The largest absolute Gasteiger partial charge is 0.490 e. The molecular weight excluding hydrogens is 252 g/mol. The molecule has 1 aliphatic rings. The molecule has 0 bridgehead atoms. The number of ether oxygens (including phenoxy) is 1. The minimum absolute atomic E-state index is 0.624. The number of hydrogen-bond donors (Lipinski definition) is 1. The molecule has 0 spiro atoms. The second-order valence-electron chi connectivity index (χ2n) is 5.16. The van der Waals surface area contributed by atoms with Gasteiger partial charge in [-0.15, -0.1) is 0 Å². The van der Waals surface area contributed by atoms with Crippen molar-refractivity contribution in [1.29, 1.82) is 0 Å². The van der Waals surface area contributed by atoms with Gasteiger partial charge < -0.3 is 14.6 Å². The van der Waals surface area contributed by atoms with E-state index in [1.807, 2.05) is 25.3 Å². The molecule has 2 aromatic rings. The molecule has 5 heteroatoms. The van der Waals surface area contributed by atoms with Gasteiger partial charge in [-0.3, -0.25) is 4.98 Å². The van der Waals surface area contributed by atoms with Gasteiger partial charge >= 0.3 is 0 Å². The first-order chi connectivity index (χ1) is 9.81. The third kappa shape index (κ3) is 3.57. The van der Waals surface area contributed by atoms with Gasteiger partial charge in [-0.05, 0) is 31.9 Å². The zero-order chi connectivity index (χ0) is 13.8. The number of nitrogens with zero attached hydrogens (tertiary/aromatic N) is 3. The molecule has 20 heavy (non-hydrogen) atoms. The number of aromatic nitrogens is 3. The summed E-state index contributed by atoms with van der Waals surface area (Å²) in [5.74, 6) is 1.83. The Kier molecular flexibility index (Phi) is 3.97. The molecule has 2 heterocycles. The van der Waals surface area contributed by atoms with E-state index >= 15 is 0 Å². The molecule has 0 amide bonds. The van der Waals surface area contributed by atoms with Gasteiger partial charge in [-0.1, -0.05) is 0 Å². The molecule has 0 saturated heterocycles. The van der Waals surface area contributed by atoms with Crippen molar-refractivity contribution in [3.63, 3.8) is 0 Å². The van der Waals surface area contributed by atoms with E-state index in [0.29, 0.717) is 12.6 Å². The Morgan fingerprint density at radius 2 is 2.25 bits per heavy atom. The highest BCUT2D eigenvalue weighted by molar-refractivity contribution is 5.19. The maximum absolute atomic E-state index is 5.70. The fourth-order valence-electron chi connectivity index (χ4n) is 2.04. The van der Waals surface area contributed by atoms with Crippen LogP contribution in [0.2, 0.25) is 0 Å². The van der Waals surface area contributed by atoms with E-state index in [-0.39, 0.29) is 0 Å². The molecule has 1 N–H and O–H groups in total. The minimum atomic E-state index is 0.624. The first-order valence-electron chi connectivity index (χ1n) is 7.10. The fraction of sp³-hybridized carbons (Fsp3) is 0.467. The molecule has 0 aromatic carbocycles. The number of hydrogen-bond acceptors (Lipinski definition) is 4. The number of nitrogens with one attached hydrogen (secondary N) is 1. The van der Waals surface area contributed by atoms with Crippen molar-refractivity contribution in [2.75, 3.05) is 6.61 Å². The maximum Gasteiger partial charge on any atom is 0.137 e. The third-order valence-electron chi connectivity index (χ3n) is 3.47. The number of imidazole rings is 1. The van der Waals surface area contributed by atoms with E-state index < -0.39 is 0 Å². The van der Waals surface area contributed by atoms with Crippen LogP contribution in [0.25, 0.3) is 0 Å². The van der Waals surface area contributed by atoms with Crippen molar-refractivity contribution in [2.45, 2.75) is 38.9 Å². The average molecular weight is 272 g/mol. The van der Waals surface area contributed by atoms with Crippen LogP contribution in [-0.4, -0.2) is 27.2 Å². The fourth-order valence-corrected chi connectivity index (χ4v) is 2.04. The van der Waals surface area contributed by atoms with Gasteiger partial charge in [0.25, 0.3) is 0 Å². The molecule has 1 saturated carbocycles. The summed E-state index contributed by atoms with van der Waals surface area (Å²) < 4.78 is 7.77. The Hall–Kier alpha value is -1.88. The molecule has 1 aliphatic carbocycles. The lowest BCUT2D eigenvalue weighted by atomic mass is 10.3.